The standard InChI is InChI=1S/C20H20F2O2/c1-2-12(20(23)24)11-19-17-7-5-15(21)9-13(17)3-4-14-10-16(22)6-8-18(14)19/h5-10,12,19H,2-4,11H2,1H3,(H,23,24). The number of benzene rings is 2. The predicted molar refractivity (Wildman–Crippen MR) is 88.1 cm³/mol. The molecule has 1 atom stereocenters. The maximum absolute atomic E-state index is 13.7. The van der Waals surface area contributed by atoms with Gasteiger partial charge in [0.15, 0.2) is 0 Å². The molecule has 4 heteroatoms. The number of rotatable bonds is 4. The number of halogens is 2. The van der Waals surface area contributed by atoms with E-state index in [1.165, 1.54) is 24.3 Å². The monoisotopic (exact) mass is 330 g/mol. The zero-order chi connectivity index (χ0) is 17.3. The van der Waals surface area contributed by atoms with E-state index in [0.717, 1.165) is 22.3 Å². The lowest BCUT2D eigenvalue weighted by Crippen LogP contribution is -2.18. The van der Waals surface area contributed by atoms with Gasteiger partial charge in [-0.15, -0.1) is 0 Å². The van der Waals surface area contributed by atoms with Gasteiger partial charge in [0.1, 0.15) is 11.6 Å². The number of carboxylic acids is 1. The predicted octanol–water partition coefficient (Wildman–Crippen LogP) is 4.70. The molecule has 3 rings (SSSR count). The topological polar surface area (TPSA) is 37.3 Å². The summed E-state index contributed by atoms with van der Waals surface area (Å²) in [6.07, 6.45) is 2.22. The van der Waals surface area contributed by atoms with Crippen LogP contribution in [0.15, 0.2) is 36.4 Å². The lowest BCUT2D eigenvalue weighted by molar-refractivity contribution is -0.142. The maximum Gasteiger partial charge on any atom is 0.306 e. The van der Waals surface area contributed by atoms with Crippen molar-refractivity contribution in [3.8, 4) is 0 Å². The van der Waals surface area contributed by atoms with E-state index in [4.69, 9.17) is 0 Å². The lowest BCUT2D eigenvalue weighted by atomic mass is 9.81. The van der Waals surface area contributed by atoms with E-state index in [2.05, 4.69) is 0 Å². The molecule has 0 spiro atoms. The van der Waals surface area contributed by atoms with Crippen LogP contribution in [-0.2, 0) is 17.6 Å². The Morgan fingerprint density at radius 3 is 2.00 bits per heavy atom. The first-order valence-electron chi connectivity index (χ1n) is 8.29. The largest absolute Gasteiger partial charge is 0.481 e. The van der Waals surface area contributed by atoms with Gasteiger partial charge < -0.3 is 5.11 Å². The zero-order valence-corrected chi connectivity index (χ0v) is 13.6. The van der Waals surface area contributed by atoms with Crippen molar-refractivity contribution in [3.63, 3.8) is 0 Å². The fourth-order valence-corrected chi connectivity index (χ4v) is 3.68. The van der Waals surface area contributed by atoms with Crippen LogP contribution >= 0.6 is 0 Å². The highest BCUT2D eigenvalue weighted by Crippen LogP contribution is 2.39. The van der Waals surface area contributed by atoms with Gasteiger partial charge in [0.25, 0.3) is 0 Å². The van der Waals surface area contributed by atoms with Crippen LogP contribution < -0.4 is 0 Å². The van der Waals surface area contributed by atoms with Crippen molar-refractivity contribution in [2.45, 2.75) is 38.5 Å². The summed E-state index contributed by atoms with van der Waals surface area (Å²) in [7, 11) is 0. The average molecular weight is 330 g/mol. The highest BCUT2D eigenvalue weighted by Gasteiger charge is 2.29. The maximum atomic E-state index is 13.7. The van der Waals surface area contributed by atoms with Gasteiger partial charge in [-0.05, 0) is 72.2 Å². The van der Waals surface area contributed by atoms with Crippen molar-refractivity contribution in [1.82, 2.24) is 0 Å². The molecule has 0 aliphatic heterocycles. The molecule has 0 fully saturated rings. The van der Waals surface area contributed by atoms with E-state index in [9.17, 15) is 18.7 Å². The summed E-state index contributed by atoms with van der Waals surface area (Å²) in [5.41, 5.74) is 3.69. The van der Waals surface area contributed by atoms with E-state index in [-0.39, 0.29) is 17.6 Å². The molecule has 1 aliphatic carbocycles. The molecule has 1 aliphatic rings. The third-order valence-corrected chi connectivity index (χ3v) is 4.99. The summed E-state index contributed by atoms with van der Waals surface area (Å²) in [6.45, 7) is 1.85. The number of fused-ring (bicyclic) bond motifs is 2. The number of hydrogen-bond donors (Lipinski definition) is 1. The van der Waals surface area contributed by atoms with Gasteiger partial charge in [-0.2, -0.15) is 0 Å². The van der Waals surface area contributed by atoms with Gasteiger partial charge in [-0.1, -0.05) is 19.1 Å². The van der Waals surface area contributed by atoms with Crippen LogP contribution in [0.3, 0.4) is 0 Å². The third kappa shape index (κ3) is 3.18. The summed E-state index contributed by atoms with van der Waals surface area (Å²) in [5, 5.41) is 9.44. The van der Waals surface area contributed by atoms with E-state index in [1.807, 2.05) is 6.92 Å². The molecule has 2 aromatic carbocycles. The van der Waals surface area contributed by atoms with Crippen molar-refractivity contribution >= 4 is 5.97 Å². The van der Waals surface area contributed by atoms with E-state index < -0.39 is 11.9 Å². The van der Waals surface area contributed by atoms with E-state index in [0.29, 0.717) is 25.7 Å². The van der Waals surface area contributed by atoms with Gasteiger partial charge in [0, 0.05) is 5.92 Å². The van der Waals surface area contributed by atoms with Crippen LogP contribution in [0.5, 0.6) is 0 Å². The average Bonchev–Trinajstić information content (AvgIpc) is 2.68. The van der Waals surface area contributed by atoms with Crippen LogP contribution in [-0.4, -0.2) is 11.1 Å². The third-order valence-electron chi connectivity index (χ3n) is 4.99. The minimum Gasteiger partial charge on any atom is -0.481 e. The first-order chi connectivity index (χ1) is 11.5. The zero-order valence-electron chi connectivity index (χ0n) is 13.6. The molecule has 0 radical (unpaired) electrons. The van der Waals surface area contributed by atoms with E-state index in [1.54, 1.807) is 12.1 Å². The number of carbonyl (C=O) groups is 1. The highest BCUT2D eigenvalue weighted by atomic mass is 19.1. The first kappa shape index (κ1) is 16.6. The molecule has 0 bridgehead atoms. The Hall–Kier alpha value is -2.23. The molecule has 2 aromatic rings. The molecule has 0 amide bonds. The Bertz CT molecular complexity index is 717. The summed E-state index contributed by atoms with van der Waals surface area (Å²) in [6, 6.07) is 9.38. The SMILES string of the molecule is CCC(CC1c2ccc(F)cc2CCc2cc(F)ccc21)C(=O)O. The van der Waals surface area contributed by atoms with Gasteiger partial charge in [0.2, 0.25) is 0 Å². The summed E-state index contributed by atoms with van der Waals surface area (Å²) in [5.74, 6) is -2.05. The number of aliphatic carboxylic acids is 1. The van der Waals surface area contributed by atoms with Gasteiger partial charge >= 0.3 is 5.97 Å². The Labute approximate surface area is 140 Å². The highest BCUT2D eigenvalue weighted by molar-refractivity contribution is 5.70. The van der Waals surface area contributed by atoms with Crippen LogP contribution in [0, 0.1) is 17.6 Å². The molecular weight excluding hydrogens is 310 g/mol. The molecule has 0 heterocycles. The molecule has 0 saturated carbocycles. The van der Waals surface area contributed by atoms with E-state index >= 15 is 0 Å². The van der Waals surface area contributed by atoms with Crippen LogP contribution in [0.4, 0.5) is 8.78 Å². The fraction of sp³-hybridized carbons (Fsp3) is 0.350. The molecule has 1 unspecified atom stereocenters. The number of aryl methyl sites for hydroxylation is 2. The van der Waals surface area contributed by atoms with Gasteiger partial charge in [-0.25, -0.2) is 8.78 Å². The van der Waals surface area contributed by atoms with Crippen molar-refractivity contribution in [2.24, 2.45) is 5.92 Å². The Balaban J connectivity index is 2.11. The first-order valence-corrected chi connectivity index (χ1v) is 8.29. The van der Waals surface area contributed by atoms with Gasteiger partial charge in [0.05, 0.1) is 5.92 Å². The van der Waals surface area contributed by atoms with Crippen molar-refractivity contribution < 1.29 is 18.7 Å². The summed E-state index contributed by atoms with van der Waals surface area (Å²) >= 11 is 0. The Morgan fingerprint density at radius 1 is 1.08 bits per heavy atom. The van der Waals surface area contributed by atoms with Crippen LogP contribution in [0.1, 0.15) is 47.9 Å². The molecule has 1 N–H and O–H groups in total. The molecule has 126 valence electrons. The van der Waals surface area contributed by atoms with Crippen molar-refractivity contribution in [1.29, 1.82) is 0 Å². The summed E-state index contributed by atoms with van der Waals surface area (Å²) in [4.78, 5) is 11.5. The second kappa shape index (κ2) is 6.71. The quantitative estimate of drug-likeness (QED) is 0.882. The Morgan fingerprint density at radius 2 is 1.58 bits per heavy atom. The van der Waals surface area contributed by atoms with Crippen molar-refractivity contribution in [2.75, 3.05) is 0 Å². The Kier molecular flexibility index (Phi) is 4.65. The molecule has 0 saturated heterocycles. The molecule has 2 nitrogen and oxygen atoms in total. The molecule has 24 heavy (non-hydrogen) atoms. The summed E-state index contributed by atoms with van der Waals surface area (Å²) < 4.78 is 27.3. The smallest absolute Gasteiger partial charge is 0.306 e. The second-order valence-electron chi connectivity index (χ2n) is 6.42. The van der Waals surface area contributed by atoms with Crippen LogP contribution in [0.25, 0.3) is 0 Å². The minimum absolute atomic E-state index is 0.153. The fourth-order valence-electron chi connectivity index (χ4n) is 3.68. The molecule has 0 aromatic heterocycles. The molecular formula is C20H20F2O2. The second-order valence-corrected chi connectivity index (χ2v) is 6.42. The van der Waals surface area contributed by atoms with Crippen molar-refractivity contribution in [3.05, 3.63) is 70.3 Å². The van der Waals surface area contributed by atoms with Crippen LogP contribution in [0.2, 0.25) is 0 Å². The minimum atomic E-state index is -0.825. The number of hydrogen-bond acceptors (Lipinski definition) is 1. The normalized spacial score (nSPS) is 15.3. The number of carboxylic acid groups (broad SMARTS) is 1. The lowest BCUT2D eigenvalue weighted by Gasteiger charge is -2.23. The van der Waals surface area contributed by atoms with Gasteiger partial charge in [-0.3, -0.25) is 4.79 Å².